The van der Waals surface area contributed by atoms with Crippen molar-refractivity contribution in [2.45, 2.75) is 13.3 Å². The van der Waals surface area contributed by atoms with E-state index < -0.39 is 0 Å². The summed E-state index contributed by atoms with van der Waals surface area (Å²) in [7, 11) is 0. The number of hydrogen-bond acceptors (Lipinski definition) is 1. The molecule has 0 aromatic rings. The molecule has 1 nitrogen and oxygen atoms in total. The zero-order valence-electron chi connectivity index (χ0n) is 2.73. The fourth-order valence-electron chi connectivity index (χ4n) is 0. The van der Waals surface area contributed by atoms with Gasteiger partial charge in [-0.25, -0.2) is 0 Å². The number of aliphatic hydroxyl groups is 1. The predicted octanol–water partition coefficient (Wildman–Crippen LogP) is 0.931. The van der Waals surface area contributed by atoms with Crippen molar-refractivity contribution < 1.29 is 5.11 Å². The predicted molar refractivity (Wildman–Crippen MR) is 16.5 cm³/mol. The standard InChI is InChI=1S/C3H7O/c1-2-3-4/h3-4H,2H2,1H3. The van der Waals surface area contributed by atoms with E-state index in [1.54, 1.807) is 0 Å². The van der Waals surface area contributed by atoms with Crippen LogP contribution in [0.25, 0.3) is 0 Å². The van der Waals surface area contributed by atoms with Gasteiger partial charge in [-0.15, -0.1) is 0 Å². The molecule has 0 aliphatic rings. The van der Waals surface area contributed by atoms with Crippen LogP contribution in [-0.4, -0.2) is 5.11 Å². The van der Waals surface area contributed by atoms with Gasteiger partial charge in [0.25, 0.3) is 0 Å². The van der Waals surface area contributed by atoms with E-state index in [2.05, 4.69) is 0 Å². The normalized spacial score (nSPS) is 7.50. The molecule has 0 aromatic heterocycles. The lowest BCUT2D eigenvalue weighted by atomic mass is 10.5. The SMILES string of the molecule is CC[CH]O. The van der Waals surface area contributed by atoms with E-state index in [1.807, 2.05) is 6.92 Å². The topological polar surface area (TPSA) is 20.2 Å². The molecule has 4 heavy (non-hydrogen) atoms. The molecule has 1 radical (unpaired) electrons. The van der Waals surface area contributed by atoms with Crippen molar-refractivity contribution in [3.63, 3.8) is 0 Å². The molecule has 0 atom stereocenters. The molecular formula is C3H7O. The van der Waals surface area contributed by atoms with Gasteiger partial charge in [-0.3, -0.25) is 0 Å². The first-order valence-corrected chi connectivity index (χ1v) is 1.37. The Labute approximate surface area is 26.3 Å². The summed E-state index contributed by atoms with van der Waals surface area (Å²) in [6.07, 6.45) is 0.750. The van der Waals surface area contributed by atoms with Crippen LogP contribution in [0.2, 0.25) is 0 Å². The van der Waals surface area contributed by atoms with Crippen LogP contribution in [-0.2, 0) is 0 Å². The first-order chi connectivity index (χ1) is 1.91. The van der Waals surface area contributed by atoms with Crippen LogP contribution < -0.4 is 0 Å². The fraction of sp³-hybridized carbons (Fsp3) is 0.667. The molecule has 0 aromatic carbocycles. The smallest absolute Gasteiger partial charge is 0.0796 e. The third kappa shape index (κ3) is 1.96. The largest absolute Gasteiger partial charge is 0.390 e. The minimum absolute atomic E-state index is 0.750. The summed E-state index contributed by atoms with van der Waals surface area (Å²) in [6, 6.07) is 0. The van der Waals surface area contributed by atoms with Crippen LogP contribution in [0.3, 0.4) is 0 Å². The van der Waals surface area contributed by atoms with Crippen LogP contribution in [0.1, 0.15) is 13.3 Å². The highest BCUT2D eigenvalue weighted by atomic mass is 16.2. The lowest BCUT2D eigenvalue weighted by molar-refractivity contribution is 0.381. The van der Waals surface area contributed by atoms with E-state index in [9.17, 15) is 0 Å². The minimum atomic E-state index is 0.750. The van der Waals surface area contributed by atoms with E-state index in [1.165, 1.54) is 0 Å². The molecular weight excluding hydrogens is 52.0 g/mol. The van der Waals surface area contributed by atoms with Gasteiger partial charge in [0.2, 0.25) is 0 Å². The van der Waals surface area contributed by atoms with Gasteiger partial charge in [-0.1, -0.05) is 6.92 Å². The summed E-state index contributed by atoms with van der Waals surface area (Å²) >= 11 is 0. The third-order valence-corrected chi connectivity index (χ3v) is 0.183. The Balaban J connectivity index is 1.97. The zero-order chi connectivity index (χ0) is 3.41. The summed E-state index contributed by atoms with van der Waals surface area (Å²) in [5.74, 6) is 0. The van der Waals surface area contributed by atoms with E-state index in [4.69, 9.17) is 5.11 Å². The van der Waals surface area contributed by atoms with Crippen molar-refractivity contribution in [1.29, 1.82) is 0 Å². The van der Waals surface area contributed by atoms with Crippen LogP contribution >= 0.6 is 0 Å². The Bertz CT molecular complexity index is 5.25. The third-order valence-electron chi connectivity index (χ3n) is 0.183. The zero-order valence-corrected chi connectivity index (χ0v) is 2.73. The highest BCUT2D eigenvalue weighted by Crippen LogP contribution is 1.69. The van der Waals surface area contributed by atoms with Gasteiger partial charge < -0.3 is 5.11 Å². The quantitative estimate of drug-likeness (QED) is 0.476. The van der Waals surface area contributed by atoms with Gasteiger partial charge in [0.05, 0.1) is 6.61 Å². The van der Waals surface area contributed by atoms with Gasteiger partial charge in [0.1, 0.15) is 0 Å². The molecule has 0 saturated carbocycles. The van der Waals surface area contributed by atoms with Crippen molar-refractivity contribution >= 4 is 0 Å². The first kappa shape index (κ1) is 3.96. The molecule has 0 heterocycles. The molecule has 0 fully saturated rings. The fourth-order valence-corrected chi connectivity index (χ4v) is 0. The molecule has 0 aliphatic carbocycles. The van der Waals surface area contributed by atoms with Crippen molar-refractivity contribution in [3.05, 3.63) is 6.61 Å². The molecule has 1 N–H and O–H groups in total. The molecule has 0 bridgehead atoms. The van der Waals surface area contributed by atoms with E-state index >= 15 is 0 Å². The van der Waals surface area contributed by atoms with E-state index in [0.29, 0.717) is 0 Å². The Kier molecular flexibility index (Phi) is 2.93. The van der Waals surface area contributed by atoms with Gasteiger partial charge in [-0.2, -0.15) is 0 Å². The molecule has 0 amide bonds. The highest BCUT2D eigenvalue weighted by Gasteiger charge is 1.58. The van der Waals surface area contributed by atoms with Gasteiger partial charge in [0, 0.05) is 0 Å². The summed E-state index contributed by atoms with van der Waals surface area (Å²) in [5, 5.41) is 7.75. The number of rotatable bonds is 1. The van der Waals surface area contributed by atoms with Crippen LogP contribution in [0.15, 0.2) is 0 Å². The molecule has 25 valence electrons. The maximum absolute atomic E-state index is 7.75. The number of hydrogen-bond donors (Lipinski definition) is 1. The van der Waals surface area contributed by atoms with E-state index in [-0.39, 0.29) is 0 Å². The number of aliphatic hydroxyl groups excluding tert-OH is 1. The Morgan fingerprint density at radius 3 is 2.25 bits per heavy atom. The maximum Gasteiger partial charge on any atom is 0.0796 e. The maximum atomic E-state index is 7.75. The Morgan fingerprint density at radius 1 is 2.00 bits per heavy atom. The summed E-state index contributed by atoms with van der Waals surface area (Å²) in [6.45, 7) is 3.00. The van der Waals surface area contributed by atoms with Crippen molar-refractivity contribution in [1.82, 2.24) is 0 Å². The Hall–Kier alpha value is -0.0400. The monoisotopic (exact) mass is 59.0 g/mol. The lowest BCUT2D eigenvalue weighted by Crippen LogP contribution is -1.57. The lowest BCUT2D eigenvalue weighted by Gasteiger charge is -1.67. The van der Waals surface area contributed by atoms with Gasteiger partial charge in [-0.05, 0) is 6.42 Å². The van der Waals surface area contributed by atoms with Gasteiger partial charge >= 0.3 is 0 Å². The highest BCUT2D eigenvalue weighted by molar-refractivity contribution is 4.32. The average molecular weight is 59.1 g/mol. The van der Waals surface area contributed by atoms with E-state index in [0.717, 1.165) is 13.0 Å². The minimum Gasteiger partial charge on any atom is -0.390 e. The average Bonchev–Trinajstić information content (AvgIpc) is 1.37. The second-order valence-electron chi connectivity index (χ2n) is 0.591. The first-order valence-electron chi connectivity index (χ1n) is 1.37. The molecule has 0 rings (SSSR count). The van der Waals surface area contributed by atoms with Crippen molar-refractivity contribution in [2.24, 2.45) is 0 Å². The summed E-state index contributed by atoms with van der Waals surface area (Å²) < 4.78 is 0. The second kappa shape index (κ2) is 2.96. The molecule has 0 aliphatic heterocycles. The molecule has 1 heteroatoms. The molecule has 0 saturated heterocycles. The van der Waals surface area contributed by atoms with Crippen molar-refractivity contribution in [2.75, 3.05) is 0 Å². The van der Waals surface area contributed by atoms with Crippen LogP contribution in [0, 0.1) is 6.61 Å². The van der Waals surface area contributed by atoms with Crippen LogP contribution in [0.4, 0.5) is 0 Å². The summed E-state index contributed by atoms with van der Waals surface area (Å²) in [4.78, 5) is 0. The Morgan fingerprint density at radius 2 is 2.25 bits per heavy atom. The molecule has 0 unspecified atom stereocenters. The second-order valence-corrected chi connectivity index (χ2v) is 0.591. The molecule has 0 spiro atoms. The van der Waals surface area contributed by atoms with Crippen molar-refractivity contribution in [3.8, 4) is 0 Å². The van der Waals surface area contributed by atoms with Crippen LogP contribution in [0.5, 0.6) is 0 Å². The summed E-state index contributed by atoms with van der Waals surface area (Å²) in [5.41, 5.74) is 0. The van der Waals surface area contributed by atoms with Gasteiger partial charge in [0.15, 0.2) is 0 Å².